The molecule has 0 saturated carbocycles. The Morgan fingerprint density at radius 3 is 2.33 bits per heavy atom. The maximum atomic E-state index is 12.3. The molecule has 21 heavy (non-hydrogen) atoms. The Morgan fingerprint density at radius 2 is 1.71 bits per heavy atom. The first-order chi connectivity index (χ1) is 10.1. The third-order valence-electron chi connectivity index (χ3n) is 2.98. The zero-order valence-corrected chi connectivity index (χ0v) is 12.0. The fraction of sp³-hybridized carbons (Fsp3) is 0.176. The topological polar surface area (TPSA) is 58.9 Å². The molecule has 1 unspecified atom stereocenters. The third kappa shape index (κ3) is 3.92. The number of Topliss-reactive ketones (excluding diaryl/α,β-unsaturated/α-hetero) is 2. The van der Waals surface area contributed by atoms with Gasteiger partial charge in [0.15, 0.2) is 17.6 Å². The Morgan fingerprint density at radius 1 is 1.00 bits per heavy atom. The number of aryl methyl sites for hydroxylation is 1. The molecule has 0 amide bonds. The van der Waals surface area contributed by atoms with Crippen molar-refractivity contribution in [2.45, 2.75) is 19.9 Å². The van der Waals surface area contributed by atoms with Gasteiger partial charge < -0.3 is 0 Å². The quantitative estimate of drug-likeness (QED) is 0.473. The molecule has 0 saturated heterocycles. The number of ketones is 2. The van der Waals surface area contributed by atoms with Crippen LogP contribution in [0.5, 0.6) is 0 Å². The molecule has 0 aliphatic heterocycles. The first-order valence-electron chi connectivity index (χ1n) is 6.65. The Labute approximate surface area is 123 Å². The molecular weight excluding hydrogens is 264 g/mol. The standard InChI is InChI=1S/C17H16N2O2/c1-12-7-6-10-15(11-12)18-19-16(13(2)20)17(21)14-8-4-3-5-9-14/h3-11,16H,1-2H3. The van der Waals surface area contributed by atoms with Crippen molar-refractivity contribution in [2.75, 3.05) is 0 Å². The molecule has 2 rings (SSSR count). The van der Waals surface area contributed by atoms with Crippen LogP contribution in [0.15, 0.2) is 64.8 Å². The molecule has 0 aliphatic carbocycles. The Balaban J connectivity index is 2.24. The maximum Gasteiger partial charge on any atom is 0.196 e. The van der Waals surface area contributed by atoms with E-state index >= 15 is 0 Å². The number of hydrogen-bond acceptors (Lipinski definition) is 4. The molecule has 0 spiro atoms. The van der Waals surface area contributed by atoms with Crippen molar-refractivity contribution >= 4 is 17.3 Å². The summed E-state index contributed by atoms with van der Waals surface area (Å²) in [7, 11) is 0. The third-order valence-corrected chi connectivity index (χ3v) is 2.98. The van der Waals surface area contributed by atoms with Gasteiger partial charge in [-0.15, -0.1) is 0 Å². The second-order valence-corrected chi connectivity index (χ2v) is 4.80. The molecule has 0 fully saturated rings. The van der Waals surface area contributed by atoms with Gasteiger partial charge in [-0.25, -0.2) is 0 Å². The predicted molar refractivity (Wildman–Crippen MR) is 80.9 cm³/mol. The van der Waals surface area contributed by atoms with E-state index < -0.39 is 6.04 Å². The number of nitrogens with zero attached hydrogens (tertiary/aromatic N) is 2. The zero-order valence-electron chi connectivity index (χ0n) is 12.0. The number of azo groups is 1. The smallest absolute Gasteiger partial charge is 0.196 e. The second kappa shape index (κ2) is 6.70. The van der Waals surface area contributed by atoms with Gasteiger partial charge in [0, 0.05) is 5.56 Å². The minimum atomic E-state index is -1.09. The minimum Gasteiger partial charge on any atom is -0.297 e. The fourth-order valence-electron chi connectivity index (χ4n) is 1.89. The van der Waals surface area contributed by atoms with E-state index in [1.807, 2.05) is 31.2 Å². The Bertz CT molecular complexity index is 678. The number of rotatable bonds is 5. The number of benzene rings is 2. The predicted octanol–water partition coefficient (Wildman–Crippen LogP) is 3.92. The molecule has 0 bridgehead atoms. The number of hydrogen-bond donors (Lipinski definition) is 0. The van der Waals surface area contributed by atoms with Crippen LogP contribution in [0.25, 0.3) is 0 Å². The lowest BCUT2D eigenvalue weighted by atomic mass is 10.0. The summed E-state index contributed by atoms with van der Waals surface area (Å²) >= 11 is 0. The van der Waals surface area contributed by atoms with Crippen molar-refractivity contribution in [2.24, 2.45) is 10.2 Å². The summed E-state index contributed by atoms with van der Waals surface area (Å²) in [4.78, 5) is 24.0. The van der Waals surface area contributed by atoms with Crippen LogP contribution in [-0.2, 0) is 4.79 Å². The molecule has 1 atom stereocenters. The SMILES string of the molecule is CC(=O)C(N=Nc1cccc(C)c1)C(=O)c1ccccc1. The molecule has 0 N–H and O–H groups in total. The largest absolute Gasteiger partial charge is 0.297 e. The summed E-state index contributed by atoms with van der Waals surface area (Å²) in [5, 5.41) is 7.96. The van der Waals surface area contributed by atoms with E-state index in [-0.39, 0.29) is 11.6 Å². The second-order valence-electron chi connectivity index (χ2n) is 4.80. The maximum absolute atomic E-state index is 12.3. The highest BCUT2D eigenvalue weighted by Crippen LogP contribution is 2.16. The van der Waals surface area contributed by atoms with Crippen LogP contribution in [0.3, 0.4) is 0 Å². The lowest BCUT2D eigenvalue weighted by molar-refractivity contribution is -0.117. The summed E-state index contributed by atoms with van der Waals surface area (Å²) < 4.78 is 0. The van der Waals surface area contributed by atoms with Crippen molar-refractivity contribution in [1.82, 2.24) is 0 Å². The van der Waals surface area contributed by atoms with E-state index in [0.29, 0.717) is 11.3 Å². The van der Waals surface area contributed by atoms with Crippen molar-refractivity contribution in [3.05, 3.63) is 65.7 Å². The summed E-state index contributed by atoms with van der Waals surface area (Å²) in [6.45, 7) is 3.29. The lowest BCUT2D eigenvalue weighted by Crippen LogP contribution is -2.26. The van der Waals surface area contributed by atoms with Gasteiger partial charge in [-0.05, 0) is 31.5 Å². The highest BCUT2D eigenvalue weighted by molar-refractivity contribution is 6.13. The summed E-state index contributed by atoms with van der Waals surface area (Å²) in [6.07, 6.45) is 0. The average Bonchev–Trinajstić information content (AvgIpc) is 2.48. The molecule has 0 heterocycles. The molecule has 4 heteroatoms. The molecule has 2 aromatic carbocycles. The number of carbonyl (C=O) groups is 2. The number of carbonyl (C=O) groups excluding carboxylic acids is 2. The van der Waals surface area contributed by atoms with Gasteiger partial charge >= 0.3 is 0 Å². The van der Waals surface area contributed by atoms with E-state index in [0.717, 1.165) is 5.56 Å². The molecule has 0 aliphatic rings. The minimum absolute atomic E-state index is 0.319. The van der Waals surface area contributed by atoms with E-state index in [2.05, 4.69) is 10.2 Å². The van der Waals surface area contributed by atoms with Crippen LogP contribution in [0.2, 0.25) is 0 Å². The lowest BCUT2D eigenvalue weighted by Gasteiger charge is -2.06. The van der Waals surface area contributed by atoms with E-state index in [1.54, 1.807) is 30.3 Å². The monoisotopic (exact) mass is 280 g/mol. The van der Waals surface area contributed by atoms with Crippen LogP contribution in [0.1, 0.15) is 22.8 Å². The zero-order chi connectivity index (χ0) is 15.2. The van der Waals surface area contributed by atoms with Gasteiger partial charge in [0.05, 0.1) is 5.69 Å². The van der Waals surface area contributed by atoms with Crippen molar-refractivity contribution < 1.29 is 9.59 Å². The molecule has 0 aromatic heterocycles. The molecule has 4 nitrogen and oxygen atoms in total. The summed E-state index contributed by atoms with van der Waals surface area (Å²) in [6, 6.07) is 15.0. The fourth-order valence-corrected chi connectivity index (χ4v) is 1.89. The van der Waals surface area contributed by atoms with Crippen molar-refractivity contribution in [1.29, 1.82) is 0 Å². The van der Waals surface area contributed by atoms with Gasteiger partial charge in [-0.2, -0.15) is 10.2 Å². The molecule has 106 valence electrons. The van der Waals surface area contributed by atoms with Crippen LogP contribution in [0, 0.1) is 6.92 Å². The first-order valence-corrected chi connectivity index (χ1v) is 6.65. The summed E-state index contributed by atoms with van der Waals surface area (Å²) in [5.74, 6) is -0.653. The Kier molecular flexibility index (Phi) is 4.72. The van der Waals surface area contributed by atoms with Gasteiger partial charge in [-0.3, -0.25) is 9.59 Å². The van der Waals surface area contributed by atoms with Gasteiger partial charge in [0.1, 0.15) is 0 Å². The molecular formula is C17H16N2O2. The highest BCUT2D eigenvalue weighted by atomic mass is 16.2. The van der Waals surface area contributed by atoms with E-state index in [9.17, 15) is 9.59 Å². The molecule has 0 radical (unpaired) electrons. The van der Waals surface area contributed by atoms with Crippen molar-refractivity contribution in [3.63, 3.8) is 0 Å². The first kappa shape index (κ1) is 14.8. The molecule has 2 aromatic rings. The van der Waals surface area contributed by atoms with Gasteiger partial charge in [0.25, 0.3) is 0 Å². The summed E-state index contributed by atoms with van der Waals surface area (Å²) in [5.41, 5.74) is 2.13. The van der Waals surface area contributed by atoms with Crippen LogP contribution < -0.4 is 0 Å². The van der Waals surface area contributed by atoms with Gasteiger partial charge in [-0.1, -0.05) is 42.5 Å². The average molecular weight is 280 g/mol. The van der Waals surface area contributed by atoms with Crippen LogP contribution in [0.4, 0.5) is 5.69 Å². The normalized spacial score (nSPS) is 12.3. The highest BCUT2D eigenvalue weighted by Gasteiger charge is 2.24. The van der Waals surface area contributed by atoms with Crippen LogP contribution >= 0.6 is 0 Å². The van der Waals surface area contributed by atoms with Crippen LogP contribution in [-0.4, -0.2) is 17.6 Å². The Hall–Kier alpha value is -2.62. The van der Waals surface area contributed by atoms with Crippen molar-refractivity contribution in [3.8, 4) is 0 Å². The van der Waals surface area contributed by atoms with E-state index in [4.69, 9.17) is 0 Å². The van der Waals surface area contributed by atoms with E-state index in [1.165, 1.54) is 6.92 Å². The van der Waals surface area contributed by atoms with Gasteiger partial charge in [0.2, 0.25) is 0 Å².